The Morgan fingerprint density at radius 1 is 1.32 bits per heavy atom. The van der Waals surface area contributed by atoms with E-state index in [1.165, 1.54) is 6.07 Å². The highest BCUT2D eigenvalue weighted by Crippen LogP contribution is 2.28. The largest absolute Gasteiger partial charge is 0.326 e. The van der Waals surface area contributed by atoms with E-state index in [0.29, 0.717) is 10.6 Å². The molecule has 1 aromatic carbocycles. The first-order valence-corrected chi connectivity index (χ1v) is 6.52. The predicted octanol–water partition coefficient (Wildman–Crippen LogP) is 3.23. The number of halogens is 2. The van der Waals surface area contributed by atoms with Crippen LogP contribution in [-0.4, -0.2) is 15.8 Å². The average molecular weight is 282 g/mol. The number of hydrogen-bond acceptors (Lipinski definition) is 2. The smallest absolute Gasteiger partial charge is 0.128 e. The summed E-state index contributed by atoms with van der Waals surface area (Å²) in [6, 6.07) is 5.95. The molecule has 2 aromatic rings. The first-order valence-electron chi connectivity index (χ1n) is 6.14. The molecule has 0 saturated carbocycles. The summed E-state index contributed by atoms with van der Waals surface area (Å²) in [6.45, 7) is 5.52. The molecule has 0 radical (unpaired) electrons. The van der Waals surface area contributed by atoms with Gasteiger partial charge in [0, 0.05) is 11.6 Å². The Morgan fingerprint density at radius 2 is 1.95 bits per heavy atom. The Kier molecular flexibility index (Phi) is 3.92. The molecular formula is C14H17ClFN3. The Bertz CT molecular complexity index is 592. The lowest BCUT2D eigenvalue weighted by molar-refractivity contribution is 0.426. The number of nitrogens with two attached hydrogens (primary N) is 1. The van der Waals surface area contributed by atoms with Gasteiger partial charge in [0.05, 0.1) is 22.5 Å². The van der Waals surface area contributed by atoms with Gasteiger partial charge in [0.2, 0.25) is 0 Å². The van der Waals surface area contributed by atoms with Gasteiger partial charge in [0.15, 0.2) is 0 Å². The third-order valence-corrected chi connectivity index (χ3v) is 3.77. The van der Waals surface area contributed by atoms with E-state index in [1.807, 2.05) is 20.8 Å². The van der Waals surface area contributed by atoms with Crippen LogP contribution in [0.25, 0.3) is 0 Å². The van der Waals surface area contributed by atoms with Crippen molar-refractivity contribution in [1.29, 1.82) is 0 Å². The van der Waals surface area contributed by atoms with Gasteiger partial charge in [-0.3, -0.25) is 4.68 Å². The fraction of sp³-hybridized carbons (Fsp3) is 0.357. The Labute approximate surface area is 117 Å². The third-order valence-electron chi connectivity index (χ3n) is 3.22. The van der Waals surface area contributed by atoms with Gasteiger partial charge >= 0.3 is 0 Å². The van der Waals surface area contributed by atoms with E-state index >= 15 is 0 Å². The van der Waals surface area contributed by atoms with Crippen LogP contribution in [0.3, 0.4) is 0 Å². The van der Waals surface area contributed by atoms with Crippen LogP contribution in [0.2, 0.25) is 5.02 Å². The van der Waals surface area contributed by atoms with Gasteiger partial charge in [0.25, 0.3) is 0 Å². The van der Waals surface area contributed by atoms with Crippen molar-refractivity contribution in [3.63, 3.8) is 0 Å². The van der Waals surface area contributed by atoms with Gasteiger partial charge in [-0.2, -0.15) is 5.10 Å². The summed E-state index contributed by atoms with van der Waals surface area (Å²) in [5.41, 5.74) is 8.07. The van der Waals surface area contributed by atoms with Crippen LogP contribution in [0, 0.1) is 19.7 Å². The molecular weight excluding hydrogens is 265 g/mol. The summed E-state index contributed by atoms with van der Waals surface area (Å²) >= 11 is 6.16. The molecule has 2 atom stereocenters. The maximum absolute atomic E-state index is 14.0. The summed E-state index contributed by atoms with van der Waals surface area (Å²) in [5.74, 6) is -0.284. The van der Waals surface area contributed by atoms with E-state index in [2.05, 4.69) is 5.10 Å². The van der Waals surface area contributed by atoms with E-state index in [9.17, 15) is 4.39 Å². The highest BCUT2D eigenvalue weighted by molar-refractivity contribution is 6.31. The second kappa shape index (κ2) is 5.31. The van der Waals surface area contributed by atoms with E-state index in [4.69, 9.17) is 17.3 Å². The highest BCUT2D eigenvalue weighted by atomic mass is 35.5. The maximum atomic E-state index is 14.0. The molecule has 1 aromatic heterocycles. The van der Waals surface area contributed by atoms with Crippen LogP contribution < -0.4 is 5.73 Å². The molecule has 19 heavy (non-hydrogen) atoms. The SMILES string of the molecule is Cc1nn(C(c2ccccc2F)C(C)N)c(C)c1Cl. The highest BCUT2D eigenvalue weighted by Gasteiger charge is 2.25. The predicted molar refractivity (Wildman–Crippen MR) is 74.9 cm³/mol. The van der Waals surface area contributed by atoms with E-state index in [1.54, 1.807) is 22.9 Å². The molecule has 2 rings (SSSR count). The van der Waals surface area contributed by atoms with E-state index < -0.39 is 0 Å². The summed E-state index contributed by atoms with van der Waals surface area (Å²) in [5, 5.41) is 4.99. The van der Waals surface area contributed by atoms with Crippen molar-refractivity contribution in [2.45, 2.75) is 32.9 Å². The van der Waals surface area contributed by atoms with Crippen molar-refractivity contribution >= 4 is 11.6 Å². The number of aromatic nitrogens is 2. The normalized spacial score (nSPS) is 14.4. The van der Waals surface area contributed by atoms with Crippen molar-refractivity contribution in [3.05, 3.63) is 52.1 Å². The molecule has 102 valence electrons. The molecule has 0 bridgehead atoms. The summed E-state index contributed by atoms with van der Waals surface area (Å²) in [6.07, 6.45) is 0. The quantitative estimate of drug-likeness (QED) is 0.939. The van der Waals surface area contributed by atoms with Gasteiger partial charge in [0.1, 0.15) is 5.82 Å². The molecule has 1 heterocycles. The van der Waals surface area contributed by atoms with Gasteiger partial charge in [-0.1, -0.05) is 29.8 Å². The second-order valence-electron chi connectivity index (χ2n) is 4.75. The minimum Gasteiger partial charge on any atom is -0.326 e. The van der Waals surface area contributed by atoms with Crippen LogP contribution in [0.15, 0.2) is 24.3 Å². The molecule has 0 aliphatic carbocycles. The lowest BCUT2D eigenvalue weighted by Gasteiger charge is -2.23. The van der Waals surface area contributed by atoms with E-state index in [0.717, 1.165) is 11.4 Å². The zero-order valence-corrected chi connectivity index (χ0v) is 11.9. The minimum atomic E-state index is -0.368. The Hall–Kier alpha value is -1.39. The topological polar surface area (TPSA) is 43.8 Å². The minimum absolute atomic E-state index is 0.284. The van der Waals surface area contributed by atoms with Crippen molar-refractivity contribution < 1.29 is 4.39 Å². The zero-order chi connectivity index (χ0) is 14.2. The molecule has 2 N–H and O–H groups in total. The first-order chi connectivity index (χ1) is 8.93. The van der Waals surface area contributed by atoms with Crippen molar-refractivity contribution in [2.75, 3.05) is 0 Å². The standard InChI is InChI=1S/C14H17ClFN3/c1-8(17)14(11-6-4-5-7-12(11)16)19-10(3)13(15)9(2)18-19/h4-8,14H,17H2,1-3H3. The van der Waals surface area contributed by atoms with Crippen molar-refractivity contribution in [1.82, 2.24) is 9.78 Å². The van der Waals surface area contributed by atoms with Gasteiger partial charge in [-0.05, 0) is 26.8 Å². The van der Waals surface area contributed by atoms with Gasteiger partial charge in [-0.25, -0.2) is 4.39 Å². The molecule has 3 nitrogen and oxygen atoms in total. The van der Waals surface area contributed by atoms with Crippen molar-refractivity contribution in [2.24, 2.45) is 5.73 Å². The van der Waals surface area contributed by atoms with Crippen LogP contribution >= 0.6 is 11.6 Å². The van der Waals surface area contributed by atoms with Gasteiger partial charge < -0.3 is 5.73 Å². The Balaban J connectivity index is 2.59. The second-order valence-corrected chi connectivity index (χ2v) is 5.13. The zero-order valence-electron chi connectivity index (χ0n) is 11.2. The first kappa shape index (κ1) is 14.0. The molecule has 0 spiro atoms. The number of hydrogen-bond donors (Lipinski definition) is 1. The molecule has 2 unspecified atom stereocenters. The van der Waals surface area contributed by atoms with Crippen LogP contribution in [0.1, 0.15) is 29.9 Å². The Morgan fingerprint density at radius 3 is 2.42 bits per heavy atom. The van der Waals surface area contributed by atoms with Crippen LogP contribution in [0.4, 0.5) is 4.39 Å². The number of benzene rings is 1. The monoisotopic (exact) mass is 281 g/mol. The molecule has 0 fully saturated rings. The van der Waals surface area contributed by atoms with E-state index in [-0.39, 0.29) is 17.9 Å². The molecule has 5 heteroatoms. The summed E-state index contributed by atoms with van der Waals surface area (Å²) in [4.78, 5) is 0. The van der Waals surface area contributed by atoms with Gasteiger partial charge in [-0.15, -0.1) is 0 Å². The number of nitrogens with zero attached hydrogens (tertiary/aromatic N) is 2. The molecule has 0 aliphatic heterocycles. The van der Waals surface area contributed by atoms with Crippen LogP contribution in [0.5, 0.6) is 0 Å². The number of rotatable bonds is 3. The maximum Gasteiger partial charge on any atom is 0.128 e. The molecule has 0 saturated heterocycles. The molecule has 0 amide bonds. The number of aryl methyl sites for hydroxylation is 1. The average Bonchev–Trinajstić information content (AvgIpc) is 2.60. The lowest BCUT2D eigenvalue weighted by Crippen LogP contribution is -2.32. The summed E-state index contributed by atoms with van der Waals surface area (Å²) in [7, 11) is 0. The van der Waals surface area contributed by atoms with Crippen molar-refractivity contribution in [3.8, 4) is 0 Å². The fourth-order valence-electron chi connectivity index (χ4n) is 2.27. The third kappa shape index (κ3) is 2.51. The molecule has 0 aliphatic rings. The fourth-order valence-corrected chi connectivity index (χ4v) is 2.39. The van der Waals surface area contributed by atoms with Crippen LogP contribution in [-0.2, 0) is 0 Å². The lowest BCUT2D eigenvalue weighted by atomic mass is 10.0. The summed E-state index contributed by atoms with van der Waals surface area (Å²) < 4.78 is 15.7.